The molecule has 0 radical (unpaired) electrons. The lowest BCUT2D eigenvalue weighted by molar-refractivity contribution is -0.0692. The van der Waals surface area contributed by atoms with Gasteiger partial charge in [-0.3, -0.25) is 0 Å². The van der Waals surface area contributed by atoms with E-state index in [1.807, 2.05) is 0 Å². The third-order valence-corrected chi connectivity index (χ3v) is 1.54. The van der Waals surface area contributed by atoms with E-state index in [2.05, 4.69) is 6.92 Å². The van der Waals surface area contributed by atoms with Gasteiger partial charge in [0, 0.05) is 0 Å². The molecule has 3 nitrogen and oxygen atoms in total. The molecule has 1 heterocycles. The Morgan fingerprint density at radius 3 is 2.90 bits per heavy atom. The van der Waals surface area contributed by atoms with Gasteiger partial charge in [0.2, 0.25) is 0 Å². The lowest BCUT2D eigenvalue weighted by atomic mass is 10.3. The molecule has 1 saturated heterocycles. The highest BCUT2D eigenvalue weighted by molar-refractivity contribution is 4.62. The summed E-state index contributed by atoms with van der Waals surface area (Å²) in [5.41, 5.74) is 0. The molecule has 1 aliphatic heterocycles. The van der Waals surface area contributed by atoms with Crippen LogP contribution in [-0.4, -0.2) is 30.7 Å². The predicted octanol–water partition coefficient (Wildman–Crippen LogP) is 0.520. The van der Waals surface area contributed by atoms with Gasteiger partial charge in [0.15, 0.2) is 6.29 Å². The van der Waals surface area contributed by atoms with Crippen LogP contribution in [0.15, 0.2) is 0 Å². The van der Waals surface area contributed by atoms with Crippen molar-refractivity contribution < 1.29 is 14.6 Å². The maximum atomic E-state index is 8.65. The molecule has 1 fully saturated rings. The molecule has 1 rings (SSSR count). The number of hydrogen-bond acceptors (Lipinski definition) is 3. The fourth-order valence-corrected chi connectivity index (χ4v) is 0.991. The SMILES string of the molecule is CCC[C@@H]1OC[C@H](CO)O1. The van der Waals surface area contributed by atoms with Gasteiger partial charge in [-0.05, 0) is 6.42 Å². The highest BCUT2D eigenvalue weighted by Gasteiger charge is 2.23. The van der Waals surface area contributed by atoms with Crippen molar-refractivity contribution in [3.63, 3.8) is 0 Å². The molecule has 0 spiro atoms. The van der Waals surface area contributed by atoms with E-state index < -0.39 is 0 Å². The summed E-state index contributed by atoms with van der Waals surface area (Å²) in [5.74, 6) is 0. The summed E-state index contributed by atoms with van der Waals surface area (Å²) in [5, 5.41) is 8.65. The second-order valence-electron chi connectivity index (χ2n) is 2.49. The molecule has 0 aromatic carbocycles. The van der Waals surface area contributed by atoms with Crippen LogP contribution in [0.5, 0.6) is 0 Å². The minimum Gasteiger partial charge on any atom is -0.394 e. The lowest BCUT2D eigenvalue weighted by Gasteiger charge is -2.07. The summed E-state index contributed by atoms with van der Waals surface area (Å²) in [6.45, 7) is 2.69. The molecule has 0 aromatic heterocycles. The third kappa shape index (κ3) is 1.94. The van der Waals surface area contributed by atoms with Crippen LogP contribution < -0.4 is 0 Å². The molecule has 10 heavy (non-hydrogen) atoms. The maximum Gasteiger partial charge on any atom is 0.158 e. The molecular weight excluding hydrogens is 132 g/mol. The summed E-state index contributed by atoms with van der Waals surface area (Å²) in [4.78, 5) is 0. The Labute approximate surface area is 60.9 Å². The number of rotatable bonds is 3. The molecule has 60 valence electrons. The van der Waals surface area contributed by atoms with Crippen LogP contribution in [-0.2, 0) is 9.47 Å². The van der Waals surface area contributed by atoms with Gasteiger partial charge in [-0.15, -0.1) is 0 Å². The number of aliphatic hydroxyl groups is 1. The van der Waals surface area contributed by atoms with Crippen LogP contribution in [0.3, 0.4) is 0 Å². The molecule has 3 heteroatoms. The van der Waals surface area contributed by atoms with E-state index in [-0.39, 0.29) is 19.0 Å². The van der Waals surface area contributed by atoms with Crippen molar-refractivity contribution in [3.05, 3.63) is 0 Å². The first-order chi connectivity index (χ1) is 4.86. The quantitative estimate of drug-likeness (QED) is 0.631. The molecule has 0 unspecified atom stereocenters. The number of ether oxygens (including phenoxy) is 2. The molecule has 1 N–H and O–H groups in total. The molecule has 0 saturated carbocycles. The zero-order chi connectivity index (χ0) is 7.40. The standard InChI is InChI=1S/C7H14O3/c1-2-3-7-9-5-6(4-8)10-7/h6-8H,2-5H2,1H3/t6-,7+/m0/s1. The summed E-state index contributed by atoms with van der Waals surface area (Å²) >= 11 is 0. The molecule has 0 aliphatic carbocycles. The fourth-order valence-electron chi connectivity index (χ4n) is 0.991. The average molecular weight is 146 g/mol. The van der Waals surface area contributed by atoms with Gasteiger partial charge in [-0.25, -0.2) is 0 Å². The Morgan fingerprint density at radius 2 is 2.40 bits per heavy atom. The second-order valence-corrected chi connectivity index (χ2v) is 2.49. The van der Waals surface area contributed by atoms with E-state index >= 15 is 0 Å². The van der Waals surface area contributed by atoms with E-state index in [9.17, 15) is 0 Å². The van der Waals surface area contributed by atoms with Crippen LogP contribution in [0.2, 0.25) is 0 Å². The molecule has 0 bridgehead atoms. The van der Waals surface area contributed by atoms with Crippen molar-refractivity contribution in [1.29, 1.82) is 0 Å². The summed E-state index contributed by atoms with van der Waals surface area (Å²) < 4.78 is 10.5. The van der Waals surface area contributed by atoms with Crippen molar-refractivity contribution in [2.24, 2.45) is 0 Å². The Hall–Kier alpha value is -0.120. The van der Waals surface area contributed by atoms with E-state index in [1.165, 1.54) is 0 Å². The van der Waals surface area contributed by atoms with Crippen molar-refractivity contribution in [1.82, 2.24) is 0 Å². The minimum absolute atomic E-state index is 0.0675. The van der Waals surface area contributed by atoms with E-state index in [4.69, 9.17) is 14.6 Å². The zero-order valence-electron chi connectivity index (χ0n) is 6.25. The Kier molecular flexibility index (Phi) is 3.12. The van der Waals surface area contributed by atoms with Crippen LogP contribution >= 0.6 is 0 Å². The Balaban J connectivity index is 2.15. The lowest BCUT2D eigenvalue weighted by Crippen LogP contribution is -2.16. The maximum absolute atomic E-state index is 8.65. The first-order valence-corrected chi connectivity index (χ1v) is 3.74. The van der Waals surface area contributed by atoms with Crippen molar-refractivity contribution in [2.75, 3.05) is 13.2 Å². The molecule has 0 amide bonds. The van der Waals surface area contributed by atoms with Gasteiger partial charge in [0.1, 0.15) is 6.10 Å². The van der Waals surface area contributed by atoms with Gasteiger partial charge in [-0.1, -0.05) is 13.3 Å². The number of aliphatic hydroxyl groups excluding tert-OH is 1. The molecule has 2 atom stereocenters. The molecule has 0 aromatic rings. The Morgan fingerprint density at radius 1 is 1.60 bits per heavy atom. The fraction of sp³-hybridized carbons (Fsp3) is 1.00. The monoisotopic (exact) mass is 146 g/mol. The van der Waals surface area contributed by atoms with Crippen LogP contribution in [0.1, 0.15) is 19.8 Å². The smallest absolute Gasteiger partial charge is 0.158 e. The van der Waals surface area contributed by atoms with E-state index in [0.717, 1.165) is 12.8 Å². The topological polar surface area (TPSA) is 38.7 Å². The van der Waals surface area contributed by atoms with Gasteiger partial charge in [-0.2, -0.15) is 0 Å². The zero-order valence-corrected chi connectivity index (χ0v) is 6.25. The van der Waals surface area contributed by atoms with Crippen molar-refractivity contribution in [3.8, 4) is 0 Å². The largest absolute Gasteiger partial charge is 0.394 e. The third-order valence-electron chi connectivity index (χ3n) is 1.54. The Bertz CT molecular complexity index is 94.9. The highest BCUT2D eigenvalue weighted by Crippen LogP contribution is 2.14. The molecule has 1 aliphatic rings. The van der Waals surface area contributed by atoms with Gasteiger partial charge < -0.3 is 14.6 Å². The minimum atomic E-state index is -0.0865. The van der Waals surface area contributed by atoms with E-state index in [0.29, 0.717) is 6.61 Å². The normalized spacial score (nSPS) is 33.0. The summed E-state index contributed by atoms with van der Waals surface area (Å²) in [6, 6.07) is 0. The highest BCUT2D eigenvalue weighted by atomic mass is 16.7. The van der Waals surface area contributed by atoms with Crippen LogP contribution in [0.4, 0.5) is 0 Å². The number of hydrogen-bond donors (Lipinski definition) is 1. The predicted molar refractivity (Wildman–Crippen MR) is 36.6 cm³/mol. The van der Waals surface area contributed by atoms with E-state index in [1.54, 1.807) is 0 Å². The summed E-state index contributed by atoms with van der Waals surface area (Å²) in [6.07, 6.45) is 1.83. The first-order valence-electron chi connectivity index (χ1n) is 3.74. The summed E-state index contributed by atoms with van der Waals surface area (Å²) in [7, 11) is 0. The van der Waals surface area contributed by atoms with Crippen LogP contribution in [0.25, 0.3) is 0 Å². The average Bonchev–Trinajstić information content (AvgIpc) is 2.37. The van der Waals surface area contributed by atoms with Gasteiger partial charge in [0.25, 0.3) is 0 Å². The van der Waals surface area contributed by atoms with Crippen LogP contribution in [0, 0.1) is 0 Å². The molecular formula is C7H14O3. The van der Waals surface area contributed by atoms with Crippen molar-refractivity contribution >= 4 is 0 Å². The van der Waals surface area contributed by atoms with Crippen molar-refractivity contribution in [2.45, 2.75) is 32.2 Å². The second kappa shape index (κ2) is 3.91. The first kappa shape index (κ1) is 7.98. The van der Waals surface area contributed by atoms with Gasteiger partial charge >= 0.3 is 0 Å². The van der Waals surface area contributed by atoms with Gasteiger partial charge in [0.05, 0.1) is 13.2 Å².